The van der Waals surface area contributed by atoms with Crippen molar-refractivity contribution in [2.24, 2.45) is 0 Å². The molecule has 0 aliphatic heterocycles. The number of halogens is 3. The summed E-state index contributed by atoms with van der Waals surface area (Å²) in [5.41, 5.74) is 3.66. The number of carboxylic acids is 1. The molecule has 80 valence electrons. The fraction of sp³-hybridized carbons (Fsp3) is 0. The molecule has 0 atom stereocenters. The van der Waals surface area contributed by atoms with Gasteiger partial charge in [-0.2, -0.15) is 0 Å². The molecule has 0 aliphatic carbocycles. The number of aromatic nitrogens is 1. The van der Waals surface area contributed by atoms with E-state index in [0.29, 0.717) is 0 Å². The third kappa shape index (κ3) is 2.21. The molecule has 0 radical (unpaired) electrons. The van der Waals surface area contributed by atoms with Crippen molar-refractivity contribution in [1.82, 2.24) is 4.98 Å². The monoisotopic (exact) mass is 234 g/mol. The molecule has 4 nitrogen and oxygen atoms in total. The third-order valence-corrected chi connectivity index (χ3v) is 1.75. The van der Waals surface area contributed by atoms with Gasteiger partial charge < -0.3 is 10.8 Å². The van der Waals surface area contributed by atoms with E-state index in [1.807, 2.05) is 0 Å². The highest BCUT2D eigenvalue weighted by Gasteiger charge is 2.20. The number of anilines is 1. The van der Waals surface area contributed by atoms with E-state index >= 15 is 0 Å². The normalized spacial score (nSPS) is 11.5. The Bertz CT molecular complexity index is 449. The lowest BCUT2D eigenvalue weighted by atomic mass is 10.1. The van der Waals surface area contributed by atoms with Crippen molar-refractivity contribution < 1.29 is 18.7 Å². The number of rotatable bonds is 2. The van der Waals surface area contributed by atoms with Crippen LogP contribution in [0.3, 0.4) is 0 Å². The highest BCUT2D eigenvalue weighted by atomic mass is 35.5. The Morgan fingerprint density at radius 3 is 2.73 bits per heavy atom. The molecule has 0 fully saturated rings. The lowest BCUT2D eigenvalue weighted by Crippen LogP contribution is -2.07. The van der Waals surface area contributed by atoms with Gasteiger partial charge in [0.2, 0.25) is 0 Å². The second-order valence-electron chi connectivity index (χ2n) is 2.52. The molecule has 0 aliphatic rings. The van der Waals surface area contributed by atoms with Crippen LogP contribution in [0.4, 0.5) is 14.5 Å². The van der Waals surface area contributed by atoms with Crippen molar-refractivity contribution >= 4 is 29.1 Å². The van der Waals surface area contributed by atoms with Crippen LogP contribution in [0.5, 0.6) is 0 Å². The van der Waals surface area contributed by atoms with Crippen LogP contribution in [0.2, 0.25) is 5.15 Å². The van der Waals surface area contributed by atoms with Gasteiger partial charge in [0.15, 0.2) is 11.5 Å². The molecule has 3 N–H and O–H groups in total. The van der Waals surface area contributed by atoms with Crippen molar-refractivity contribution in [2.45, 2.75) is 0 Å². The fourth-order valence-corrected chi connectivity index (χ4v) is 1.19. The number of nitrogens with zero attached hydrogens (tertiary/aromatic N) is 1. The van der Waals surface area contributed by atoms with Gasteiger partial charge in [-0.25, -0.2) is 18.6 Å². The number of nitrogen functional groups attached to an aromatic ring is 1. The summed E-state index contributed by atoms with van der Waals surface area (Å²) in [6.07, 6.45) is -0.395. The van der Waals surface area contributed by atoms with E-state index in [2.05, 4.69) is 4.98 Å². The maximum atomic E-state index is 12.9. The third-order valence-electron chi connectivity index (χ3n) is 1.56. The molecule has 0 amide bonds. The van der Waals surface area contributed by atoms with E-state index in [-0.39, 0.29) is 10.8 Å². The van der Waals surface area contributed by atoms with Gasteiger partial charge in [0.1, 0.15) is 11.5 Å². The fourth-order valence-electron chi connectivity index (χ4n) is 0.992. The van der Waals surface area contributed by atoms with Crippen molar-refractivity contribution in [2.75, 3.05) is 5.73 Å². The van der Waals surface area contributed by atoms with E-state index in [9.17, 15) is 13.6 Å². The summed E-state index contributed by atoms with van der Waals surface area (Å²) in [5, 5.41) is 8.46. The molecule has 1 rings (SSSR count). The predicted octanol–water partition coefficient (Wildman–Crippen LogP) is 2.25. The van der Waals surface area contributed by atoms with Crippen LogP contribution in [-0.2, 0) is 0 Å². The first kappa shape index (κ1) is 11.4. The zero-order valence-electron chi connectivity index (χ0n) is 7.17. The van der Waals surface area contributed by atoms with Crippen LogP contribution in [0.15, 0.2) is 12.4 Å². The molecule has 1 aromatic heterocycles. The minimum atomic E-state index is -1.55. The van der Waals surface area contributed by atoms with Crippen LogP contribution < -0.4 is 5.73 Å². The van der Waals surface area contributed by atoms with Gasteiger partial charge in [-0.05, 0) is 6.07 Å². The Kier molecular flexibility index (Phi) is 3.21. The molecule has 15 heavy (non-hydrogen) atoms. The number of carboxylic acid groups (broad SMARTS) is 1. The van der Waals surface area contributed by atoms with Crippen molar-refractivity contribution in [3.8, 4) is 0 Å². The maximum Gasteiger partial charge on any atom is 0.355 e. The summed E-state index contributed by atoms with van der Waals surface area (Å²) >= 11 is 5.42. The SMILES string of the molecule is Nc1cc(Cl)nc(C(=O)O)c1C(F)=CF. The first-order chi connectivity index (χ1) is 6.97. The van der Waals surface area contributed by atoms with Crippen molar-refractivity contribution in [1.29, 1.82) is 0 Å². The van der Waals surface area contributed by atoms with Crippen molar-refractivity contribution in [3.05, 3.63) is 28.8 Å². The Labute approximate surface area is 88.0 Å². The molecule has 0 aromatic carbocycles. The standard InChI is InChI=1S/C8H5ClF2N2O2/c9-5-1-4(12)6(3(11)2-10)7(13-5)8(14)15/h1-2H,(H2,12,13)(H,14,15). The summed E-state index contributed by atoms with van der Waals surface area (Å²) in [6, 6.07) is 1.03. The molecule has 0 bridgehead atoms. The lowest BCUT2D eigenvalue weighted by Gasteiger charge is -2.06. The highest BCUT2D eigenvalue weighted by Crippen LogP contribution is 2.28. The van der Waals surface area contributed by atoms with Crippen molar-refractivity contribution in [3.63, 3.8) is 0 Å². The molecule has 0 saturated carbocycles. The molecule has 1 aromatic rings. The molecule has 1 heterocycles. The van der Waals surface area contributed by atoms with Crippen LogP contribution in [0, 0.1) is 0 Å². The minimum absolute atomic E-state index is 0.208. The zero-order chi connectivity index (χ0) is 11.6. The topological polar surface area (TPSA) is 76.2 Å². The number of hydrogen-bond acceptors (Lipinski definition) is 3. The highest BCUT2D eigenvalue weighted by molar-refractivity contribution is 6.30. The average Bonchev–Trinajstić information content (AvgIpc) is 2.15. The minimum Gasteiger partial charge on any atom is -0.476 e. The molecule has 7 heteroatoms. The molecular weight excluding hydrogens is 230 g/mol. The Balaban J connectivity index is 3.54. The smallest absolute Gasteiger partial charge is 0.355 e. The second kappa shape index (κ2) is 4.22. The zero-order valence-corrected chi connectivity index (χ0v) is 7.92. The summed E-state index contributed by atoms with van der Waals surface area (Å²) < 4.78 is 24.9. The number of pyridine rings is 1. The van der Waals surface area contributed by atoms with E-state index in [1.54, 1.807) is 0 Å². The summed E-state index contributed by atoms with van der Waals surface area (Å²) in [6.45, 7) is 0. The Morgan fingerprint density at radius 2 is 2.27 bits per heavy atom. The lowest BCUT2D eigenvalue weighted by molar-refractivity contribution is 0.0690. The van der Waals surface area contributed by atoms with Gasteiger partial charge in [-0.15, -0.1) is 0 Å². The summed E-state index contributed by atoms with van der Waals surface area (Å²) in [4.78, 5) is 14.0. The van der Waals surface area contributed by atoms with Crippen LogP contribution in [0.1, 0.15) is 16.1 Å². The molecule has 0 spiro atoms. The molecule has 0 unspecified atom stereocenters. The average molecular weight is 235 g/mol. The van der Waals surface area contributed by atoms with Gasteiger partial charge >= 0.3 is 5.97 Å². The summed E-state index contributed by atoms with van der Waals surface area (Å²) in [7, 11) is 0. The number of nitrogens with two attached hydrogens (primary N) is 1. The molecular formula is C8H5ClF2N2O2. The maximum absolute atomic E-state index is 12.9. The van der Waals surface area contributed by atoms with E-state index < -0.39 is 29.4 Å². The first-order valence-electron chi connectivity index (χ1n) is 3.63. The Morgan fingerprint density at radius 1 is 1.67 bits per heavy atom. The second-order valence-corrected chi connectivity index (χ2v) is 2.91. The summed E-state index contributed by atoms with van der Waals surface area (Å²) in [5.74, 6) is -2.95. The van der Waals surface area contributed by atoms with Gasteiger partial charge in [0, 0.05) is 5.69 Å². The quantitative estimate of drug-likeness (QED) is 0.770. The Hall–Kier alpha value is -1.69. The van der Waals surface area contributed by atoms with Gasteiger partial charge in [-0.1, -0.05) is 11.6 Å². The number of hydrogen-bond donors (Lipinski definition) is 2. The van der Waals surface area contributed by atoms with Gasteiger partial charge in [-0.3, -0.25) is 0 Å². The van der Waals surface area contributed by atoms with E-state index in [4.69, 9.17) is 22.4 Å². The van der Waals surface area contributed by atoms with E-state index in [1.165, 1.54) is 0 Å². The largest absolute Gasteiger partial charge is 0.476 e. The van der Waals surface area contributed by atoms with Crippen LogP contribution >= 0.6 is 11.6 Å². The predicted molar refractivity (Wildman–Crippen MR) is 50.8 cm³/mol. The van der Waals surface area contributed by atoms with Crippen LogP contribution in [-0.4, -0.2) is 16.1 Å². The number of carbonyl (C=O) groups is 1. The number of aromatic carboxylic acids is 1. The van der Waals surface area contributed by atoms with Gasteiger partial charge in [0.25, 0.3) is 0 Å². The molecule has 0 saturated heterocycles. The first-order valence-corrected chi connectivity index (χ1v) is 4.00. The van der Waals surface area contributed by atoms with Gasteiger partial charge in [0.05, 0.1) is 5.56 Å². The van der Waals surface area contributed by atoms with E-state index in [0.717, 1.165) is 6.07 Å². The van der Waals surface area contributed by atoms with Crippen LogP contribution in [0.25, 0.3) is 5.83 Å².